The van der Waals surface area contributed by atoms with Crippen LogP contribution in [0.3, 0.4) is 0 Å². The fraction of sp³-hybridized carbons (Fsp3) is 0.333. The first-order valence-electron chi connectivity index (χ1n) is 5.29. The van der Waals surface area contributed by atoms with Crippen LogP contribution in [-0.2, 0) is 9.67 Å². The Morgan fingerprint density at radius 3 is 2.50 bits per heavy atom. The number of rotatable bonds is 3. The molecule has 85 valence electrons. The Kier molecular flexibility index (Phi) is 3.33. The topological polar surface area (TPSA) is 41.1 Å². The fourth-order valence-corrected chi connectivity index (χ4v) is 2.80. The molecule has 0 aromatic heterocycles. The Morgan fingerprint density at radius 2 is 2.00 bits per heavy atom. The molecule has 0 spiro atoms. The Balaban J connectivity index is 2.40. The Hall–Kier alpha value is -0.840. The second kappa shape index (κ2) is 4.57. The number of nitrogens with one attached hydrogen (secondary N) is 2. The van der Waals surface area contributed by atoms with Crippen molar-refractivity contribution in [1.29, 1.82) is 0 Å². The molecule has 2 N–H and O–H groups in total. The monoisotopic (exact) mass is 235 g/mol. The summed E-state index contributed by atoms with van der Waals surface area (Å²) in [6.07, 6.45) is 0. The highest BCUT2D eigenvalue weighted by atomic mass is 32.2. The zero-order chi connectivity index (χ0) is 11.6. The molecule has 0 amide bonds. The van der Waals surface area contributed by atoms with Gasteiger partial charge in [0.1, 0.15) is 0 Å². The average molecular weight is 235 g/mol. The smallest absolute Gasteiger partial charge is 0.171 e. The van der Waals surface area contributed by atoms with E-state index in [0.29, 0.717) is 0 Å². The molecule has 1 heterocycles. The van der Waals surface area contributed by atoms with Gasteiger partial charge in [0.05, 0.1) is 5.88 Å². The van der Waals surface area contributed by atoms with E-state index in [1.807, 2.05) is 50.1 Å². The van der Waals surface area contributed by atoms with E-state index in [4.69, 9.17) is 0 Å². The van der Waals surface area contributed by atoms with E-state index in [1.54, 1.807) is 0 Å². The van der Waals surface area contributed by atoms with Crippen molar-refractivity contribution in [1.82, 2.24) is 10.9 Å². The summed E-state index contributed by atoms with van der Waals surface area (Å²) < 4.78 is 0. The van der Waals surface area contributed by atoms with Crippen LogP contribution in [0.25, 0.3) is 0 Å². The first-order chi connectivity index (χ1) is 7.67. The normalized spacial score (nSPS) is 24.9. The lowest BCUT2D eigenvalue weighted by Gasteiger charge is -2.28. The van der Waals surface area contributed by atoms with Gasteiger partial charge in [-0.15, -0.1) is 11.8 Å². The standard InChI is InChI=1S/C12H15N2OS/c1-9(2)11(15)12(14-13-8-16-12)10-6-4-3-5-7-10/h3-9,13-14H,1-2H3. The van der Waals surface area contributed by atoms with E-state index >= 15 is 0 Å². The molecule has 2 rings (SSSR count). The second-order valence-electron chi connectivity index (χ2n) is 4.07. The van der Waals surface area contributed by atoms with Gasteiger partial charge in [0.15, 0.2) is 10.7 Å². The average Bonchev–Trinajstić information content (AvgIpc) is 2.79. The molecule has 16 heavy (non-hydrogen) atoms. The molecule has 1 atom stereocenters. The maximum absolute atomic E-state index is 12.3. The lowest BCUT2D eigenvalue weighted by atomic mass is 9.95. The molecule has 1 aromatic carbocycles. The van der Waals surface area contributed by atoms with Gasteiger partial charge in [-0.2, -0.15) is 0 Å². The zero-order valence-electron chi connectivity index (χ0n) is 9.36. The molecule has 1 unspecified atom stereocenters. The summed E-state index contributed by atoms with van der Waals surface area (Å²) in [5, 5.41) is 0. The third-order valence-electron chi connectivity index (χ3n) is 2.59. The Labute approximate surface area is 100.0 Å². The summed E-state index contributed by atoms with van der Waals surface area (Å²) in [6, 6.07) is 9.80. The van der Waals surface area contributed by atoms with Gasteiger partial charge in [0.2, 0.25) is 0 Å². The highest BCUT2D eigenvalue weighted by Gasteiger charge is 2.44. The maximum Gasteiger partial charge on any atom is 0.171 e. The molecule has 1 saturated heterocycles. The quantitative estimate of drug-likeness (QED) is 0.841. The van der Waals surface area contributed by atoms with E-state index < -0.39 is 4.87 Å². The third-order valence-corrected chi connectivity index (χ3v) is 3.72. The second-order valence-corrected chi connectivity index (χ2v) is 5.15. The van der Waals surface area contributed by atoms with E-state index in [1.165, 1.54) is 11.8 Å². The van der Waals surface area contributed by atoms with Gasteiger partial charge < -0.3 is 0 Å². The number of benzene rings is 1. The van der Waals surface area contributed by atoms with Gasteiger partial charge in [0.25, 0.3) is 0 Å². The van der Waals surface area contributed by atoms with Crippen molar-refractivity contribution in [2.75, 3.05) is 0 Å². The van der Waals surface area contributed by atoms with Gasteiger partial charge >= 0.3 is 0 Å². The predicted molar refractivity (Wildman–Crippen MR) is 66.1 cm³/mol. The summed E-state index contributed by atoms with van der Waals surface area (Å²) in [7, 11) is 0. The van der Waals surface area contributed by atoms with Crippen molar-refractivity contribution >= 4 is 17.5 Å². The number of hydrogen-bond acceptors (Lipinski definition) is 4. The minimum Gasteiger partial charge on any atom is -0.296 e. The molecular weight excluding hydrogens is 220 g/mol. The molecule has 3 nitrogen and oxygen atoms in total. The van der Waals surface area contributed by atoms with Crippen molar-refractivity contribution in [3.05, 3.63) is 41.8 Å². The van der Waals surface area contributed by atoms with E-state index in [9.17, 15) is 4.79 Å². The van der Waals surface area contributed by atoms with Crippen LogP contribution < -0.4 is 10.9 Å². The summed E-state index contributed by atoms with van der Waals surface area (Å²) >= 11 is 1.48. The molecule has 4 heteroatoms. The van der Waals surface area contributed by atoms with Gasteiger partial charge in [-0.1, -0.05) is 44.2 Å². The molecular formula is C12H15N2OS. The lowest BCUT2D eigenvalue weighted by molar-refractivity contribution is -0.125. The summed E-state index contributed by atoms with van der Waals surface area (Å²) in [5.74, 6) is 1.99. The largest absolute Gasteiger partial charge is 0.296 e. The molecule has 0 aliphatic carbocycles. The fourth-order valence-electron chi connectivity index (χ4n) is 1.76. The molecule has 1 aliphatic rings. The number of thioether (sulfide) groups is 1. The molecule has 1 aromatic rings. The van der Waals surface area contributed by atoms with Gasteiger partial charge in [0, 0.05) is 5.92 Å². The number of ketones is 1. The number of carbonyl (C=O) groups excluding carboxylic acids is 1. The molecule has 0 saturated carbocycles. The van der Waals surface area contributed by atoms with Crippen LogP contribution >= 0.6 is 11.8 Å². The highest BCUT2D eigenvalue weighted by Crippen LogP contribution is 2.40. The number of carbonyl (C=O) groups is 1. The Morgan fingerprint density at radius 1 is 1.31 bits per heavy atom. The van der Waals surface area contributed by atoms with E-state index in [-0.39, 0.29) is 11.7 Å². The van der Waals surface area contributed by atoms with E-state index in [2.05, 4.69) is 10.9 Å². The molecule has 0 bridgehead atoms. The van der Waals surface area contributed by atoms with Gasteiger partial charge in [-0.25, -0.2) is 10.9 Å². The SMILES string of the molecule is CC(C)C(=O)C1(c2ccccc2)NN[CH]S1. The molecule has 1 fully saturated rings. The molecule has 1 aliphatic heterocycles. The minimum atomic E-state index is -0.671. The van der Waals surface area contributed by atoms with Crippen molar-refractivity contribution < 1.29 is 4.79 Å². The number of hydrazine groups is 1. The van der Waals surface area contributed by atoms with Crippen LogP contribution in [0.4, 0.5) is 0 Å². The van der Waals surface area contributed by atoms with Gasteiger partial charge in [-0.3, -0.25) is 4.79 Å². The van der Waals surface area contributed by atoms with Crippen molar-refractivity contribution in [3.8, 4) is 0 Å². The van der Waals surface area contributed by atoms with Crippen molar-refractivity contribution in [3.63, 3.8) is 0 Å². The summed E-state index contributed by atoms with van der Waals surface area (Å²) in [6.45, 7) is 3.85. The van der Waals surface area contributed by atoms with Crippen LogP contribution in [-0.4, -0.2) is 5.78 Å². The van der Waals surface area contributed by atoms with Crippen LogP contribution in [0, 0.1) is 11.8 Å². The summed E-state index contributed by atoms with van der Waals surface area (Å²) in [4.78, 5) is 11.7. The van der Waals surface area contributed by atoms with Crippen LogP contribution in [0.1, 0.15) is 19.4 Å². The third kappa shape index (κ3) is 1.88. The van der Waals surface area contributed by atoms with Gasteiger partial charge in [-0.05, 0) is 5.56 Å². The number of Topliss-reactive ketones (excluding diaryl/α,β-unsaturated/α-hetero) is 1. The van der Waals surface area contributed by atoms with E-state index in [0.717, 1.165) is 5.56 Å². The van der Waals surface area contributed by atoms with Crippen molar-refractivity contribution in [2.45, 2.75) is 18.7 Å². The number of hydrogen-bond donors (Lipinski definition) is 2. The highest BCUT2D eigenvalue weighted by molar-refractivity contribution is 8.03. The van der Waals surface area contributed by atoms with Crippen LogP contribution in [0.15, 0.2) is 30.3 Å². The van der Waals surface area contributed by atoms with Crippen LogP contribution in [0.5, 0.6) is 0 Å². The summed E-state index contributed by atoms with van der Waals surface area (Å²) in [5.41, 5.74) is 6.98. The van der Waals surface area contributed by atoms with Crippen molar-refractivity contribution in [2.24, 2.45) is 5.92 Å². The minimum absolute atomic E-state index is 0.00601. The maximum atomic E-state index is 12.3. The zero-order valence-corrected chi connectivity index (χ0v) is 10.2. The Bertz CT molecular complexity index is 372. The first kappa shape index (κ1) is 11.6. The van der Waals surface area contributed by atoms with Crippen LogP contribution in [0.2, 0.25) is 0 Å². The predicted octanol–water partition coefficient (Wildman–Crippen LogP) is 2.02. The molecule has 1 radical (unpaired) electrons. The first-order valence-corrected chi connectivity index (χ1v) is 6.17. The lowest BCUT2D eigenvalue weighted by Crippen LogP contribution is -2.47.